The Hall–Kier alpha value is -2.76. The third-order valence-electron chi connectivity index (χ3n) is 5.23. The molecule has 176 valence electrons. The fourth-order valence-corrected chi connectivity index (χ4v) is 3.44. The molecule has 0 amide bonds. The topological polar surface area (TPSA) is 71.1 Å². The van der Waals surface area contributed by atoms with Crippen LogP contribution < -0.4 is 9.47 Å². The van der Waals surface area contributed by atoms with E-state index in [9.17, 15) is 9.59 Å². The molecule has 0 radical (unpaired) electrons. The number of carbonyl (C=O) groups is 2. The SMILES string of the molecule is CCCCCCOC(=O)Oc1cc(CC)c(OC(=O)OCCCCCC)c2ccccc12. The molecule has 0 aromatic heterocycles. The van der Waals surface area contributed by atoms with Crippen molar-refractivity contribution >= 4 is 23.1 Å². The monoisotopic (exact) mass is 444 g/mol. The summed E-state index contributed by atoms with van der Waals surface area (Å²) in [4.78, 5) is 24.5. The number of aryl methyl sites for hydroxylation is 1. The molecule has 0 heterocycles. The molecule has 6 heteroatoms. The summed E-state index contributed by atoms with van der Waals surface area (Å²) in [6, 6.07) is 9.07. The Morgan fingerprint density at radius 2 is 1.28 bits per heavy atom. The number of rotatable bonds is 13. The van der Waals surface area contributed by atoms with Gasteiger partial charge in [-0.05, 0) is 30.9 Å². The van der Waals surface area contributed by atoms with Gasteiger partial charge in [0.1, 0.15) is 11.5 Å². The van der Waals surface area contributed by atoms with E-state index in [-0.39, 0.29) is 0 Å². The van der Waals surface area contributed by atoms with Crippen molar-refractivity contribution in [3.8, 4) is 11.5 Å². The van der Waals surface area contributed by atoms with Gasteiger partial charge in [-0.1, -0.05) is 83.6 Å². The maximum absolute atomic E-state index is 12.3. The summed E-state index contributed by atoms with van der Waals surface area (Å²) in [6.45, 7) is 6.88. The van der Waals surface area contributed by atoms with Crippen LogP contribution >= 0.6 is 0 Å². The molecule has 0 spiro atoms. The molecule has 2 aromatic rings. The van der Waals surface area contributed by atoms with E-state index < -0.39 is 12.3 Å². The number of fused-ring (bicyclic) bond motifs is 1. The Bertz CT molecular complexity index is 861. The lowest BCUT2D eigenvalue weighted by Gasteiger charge is -2.15. The molecule has 0 fully saturated rings. The van der Waals surface area contributed by atoms with Crippen LogP contribution in [0.15, 0.2) is 30.3 Å². The van der Waals surface area contributed by atoms with E-state index in [0.29, 0.717) is 41.9 Å². The highest BCUT2D eigenvalue weighted by Crippen LogP contribution is 2.37. The van der Waals surface area contributed by atoms with Gasteiger partial charge < -0.3 is 18.9 Å². The van der Waals surface area contributed by atoms with E-state index in [0.717, 1.165) is 56.9 Å². The molecule has 0 bridgehead atoms. The van der Waals surface area contributed by atoms with Crippen LogP contribution in [0.5, 0.6) is 11.5 Å². The lowest BCUT2D eigenvalue weighted by Crippen LogP contribution is -2.14. The van der Waals surface area contributed by atoms with Crippen LogP contribution in [0.3, 0.4) is 0 Å². The Labute approximate surface area is 191 Å². The smallest absolute Gasteiger partial charge is 0.434 e. The van der Waals surface area contributed by atoms with Gasteiger partial charge in [0.05, 0.1) is 13.2 Å². The minimum atomic E-state index is -0.728. The van der Waals surface area contributed by atoms with Crippen LogP contribution in [0.1, 0.15) is 77.7 Å². The van der Waals surface area contributed by atoms with Crippen molar-refractivity contribution in [3.05, 3.63) is 35.9 Å². The molecule has 2 rings (SSSR count). The zero-order valence-electron chi connectivity index (χ0n) is 19.6. The van der Waals surface area contributed by atoms with Crippen molar-refractivity contribution in [3.63, 3.8) is 0 Å². The Balaban J connectivity index is 2.10. The van der Waals surface area contributed by atoms with Gasteiger partial charge in [0.25, 0.3) is 0 Å². The zero-order valence-corrected chi connectivity index (χ0v) is 19.6. The fraction of sp³-hybridized carbons (Fsp3) is 0.538. The second-order valence-electron chi connectivity index (χ2n) is 7.78. The zero-order chi connectivity index (χ0) is 23.2. The van der Waals surface area contributed by atoms with Gasteiger partial charge in [-0.2, -0.15) is 0 Å². The largest absolute Gasteiger partial charge is 0.513 e. The van der Waals surface area contributed by atoms with Crippen molar-refractivity contribution < 1.29 is 28.5 Å². The van der Waals surface area contributed by atoms with Gasteiger partial charge in [0.15, 0.2) is 0 Å². The lowest BCUT2D eigenvalue weighted by molar-refractivity contribution is 0.0956. The van der Waals surface area contributed by atoms with Crippen molar-refractivity contribution in [2.24, 2.45) is 0 Å². The van der Waals surface area contributed by atoms with Gasteiger partial charge in [0, 0.05) is 10.8 Å². The van der Waals surface area contributed by atoms with E-state index in [1.54, 1.807) is 6.07 Å². The number of hydrogen-bond donors (Lipinski definition) is 0. The predicted octanol–water partition coefficient (Wildman–Crippen LogP) is 7.59. The quantitative estimate of drug-likeness (QED) is 0.180. The molecule has 0 aliphatic rings. The number of hydrogen-bond acceptors (Lipinski definition) is 6. The highest BCUT2D eigenvalue weighted by atomic mass is 16.7. The maximum atomic E-state index is 12.3. The van der Waals surface area contributed by atoms with Crippen molar-refractivity contribution in [2.75, 3.05) is 13.2 Å². The van der Waals surface area contributed by atoms with Gasteiger partial charge in [-0.25, -0.2) is 9.59 Å². The third kappa shape index (κ3) is 8.06. The fourth-order valence-electron chi connectivity index (χ4n) is 3.44. The first-order valence-electron chi connectivity index (χ1n) is 11.8. The van der Waals surface area contributed by atoms with Gasteiger partial charge >= 0.3 is 12.3 Å². The molecule has 2 aromatic carbocycles. The van der Waals surface area contributed by atoms with Crippen LogP contribution in [0.25, 0.3) is 10.8 Å². The average molecular weight is 445 g/mol. The molecule has 0 saturated carbocycles. The molecule has 0 aliphatic heterocycles. The van der Waals surface area contributed by atoms with Crippen LogP contribution in [0, 0.1) is 0 Å². The number of carbonyl (C=O) groups excluding carboxylic acids is 2. The second-order valence-corrected chi connectivity index (χ2v) is 7.78. The summed E-state index contributed by atoms with van der Waals surface area (Å²) in [5.41, 5.74) is 0.748. The molecule has 6 nitrogen and oxygen atoms in total. The third-order valence-corrected chi connectivity index (χ3v) is 5.23. The van der Waals surface area contributed by atoms with E-state index in [1.807, 2.05) is 31.2 Å². The molecule has 0 atom stereocenters. The van der Waals surface area contributed by atoms with Gasteiger partial charge in [-0.15, -0.1) is 0 Å². The summed E-state index contributed by atoms with van der Waals surface area (Å²) < 4.78 is 21.5. The minimum absolute atomic E-state index is 0.336. The van der Waals surface area contributed by atoms with Gasteiger partial charge in [-0.3, -0.25) is 0 Å². The number of ether oxygens (including phenoxy) is 4. The first-order valence-corrected chi connectivity index (χ1v) is 11.8. The summed E-state index contributed by atoms with van der Waals surface area (Å²) in [5, 5.41) is 1.35. The maximum Gasteiger partial charge on any atom is 0.513 e. The number of unbranched alkanes of at least 4 members (excludes halogenated alkanes) is 6. The average Bonchev–Trinajstić information content (AvgIpc) is 2.80. The van der Waals surface area contributed by atoms with Crippen LogP contribution in [0.2, 0.25) is 0 Å². The summed E-state index contributed by atoms with van der Waals surface area (Å²) in [6.07, 6.45) is 7.30. The van der Waals surface area contributed by atoms with Crippen molar-refractivity contribution in [1.29, 1.82) is 0 Å². The molecular formula is C26H36O6. The highest BCUT2D eigenvalue weighted by molar-refractivity contribution is 5.96. The van der Waals surface area contributed by atoms with Crippen LogP contribution in [-0.4, -0.2) is 25.5 Å². The Kier molecular flexibility index (Phi) is 11.4. The van der Waals surface area contributed by atoms with Crippen LogP contribution in [-0.2, 0) is 15.9 Å². The first-order chi connectivity index (χ1) is 15.6. The van der Waals surface area contributed by atoms with E-state index in [1.165, 1.54) is 0 Å². The Morgan fingerprint density at radius 1 is 0.719 bits per heavy atom. The molecule has 0 saturated heterocycles. The predicted molar refractivity (Wildman–Crippen MR) is 126 cm³/mol. The first kappa shape index (κ1) is 25.5. The van der Waals surface area contributed by atoms with E-state index in [2.05, 4.69) is 13.8 Å². The minimum Gasteiger partial charge on any atom is -0.434 e. The molecule has 0 N–H and O–H groups in total. The van der Waals surface area contributed by atoms with Gasteiger partial charge in [0.2, 0.25) is 0 Å². The van der Waals surface area contributed by atoms with Crippen molar-refractivity contribution in [2.45, 2.75) is 78.6 Å². The standard InChI is InChI=1S/C26H36O6/c1-4-7-9-13-17-29-25(27)31-23-19-20(6-3)24(22-16-12-11-15-21(22)23)32-26(28)30-18-14-10-8-5-2/h11-12,15-16,19H,4-10,13-14,17-18H2,1-3H3. The lowest BCUT2D eigenvalue weighted by atomic mass is 10.0. The molecule has 32 heavy (non-hydrogen) atoms. The molecular weight excluding hydrogens is 408 g/mol. The molecule has 0 aliphatic carbocycles. The van der Waals surface area contributed by atoms with E-state index in [4.69, 9.17) is 18.9 Å². The van der Waals surface area contributed by atoms with Crippen LogP contribution in [0.4, 0.5) is 9.59 Å². The highest BCUT2D eigenvalue weighted by Gasteiger charge is 2.19. The van der Waals surface area contributed by atoms with E-state index >= 15 is 0 Å². The summed E-state index contributed by atoms with van der Waals surface area (Å²) in [7, 11) is 0. The second kappa shape index (κ2) is 14.3. The number of benzene rings is 2. The van der Waals surface area contributed by atoms with Crippen molar-refractivity contribution in [1.82, 2.24) is 0 Å². The normalized spacial score (nSPS) is 10.7. The molecule has 0 unspecified atom stereocenters. The summed E-state index contributed by atoms with van der Waals surface area (Å²) in [5.74, 6) is 0.818. The Morgan fingerprint density at radius 3 is 1.84 bits per heavy atom. The summed E-state index contributed by atoms with van der Waals surface area (Å²) >= 11 is 0.